The fraction of sp³-hybridized carbons (Fsp3) is 0.321. The molecule has 34 heavy (non-hydrogen) atoms. The maximum absolute atomic E-state index is 12.7. The third-order valence-corrected chi connectivity index (χ3v) is 6.54. The van der Waals surface area contributed by atoms with Crippen molar-refractivity contribution in [2.45, 2.75) is 13.1 Å². The number of rotatable bonds is 6. The maximum atomic E-state index is 12.7. The summed E-state index contributed by atoms with van der Waals surface area (Å²) in [4.78, 5) is 19.7. The third kappa shape index (κ3) is 5.76. The highest BCUT2D eigenvalue weighted by Gasteiger charge is 2.19. The van der Waals surface area contributed by atoms with E-state index < -0.39 is 0 Å². The number of fused-ring (bicyclic) bond motifs is 1. The molecule has 0 radical (unpaired) electrons. The largest absolute Gasteiger partial charge is 0.492 e. The van der Waals surface area contributed by atoms with E-state index in [4.69, 9.17) is 4.74 Å². The molecular weight excluding hydrogens is 424 g/mol. The van der Waals surface area contributed by atoms with Crippen LogP contribution in [-0.4, -0.2) is 61.6 Å². The zero-order chi connectivity index (χ0) is 23.2. The number of nitrogens with one attached hydrogen (secondary N) is 1. The molecule has 3 aromatic rings. The maximum Gasteiger partial charge on any atom is 0.238 e. The first-order chi connectivity index (χ1) is 16.7. The number of ether oxygens (including phenoxy) is 1. The van der Waals surface area contributed by atoms with Crippen LogP contribution in [0.1, 0.15) is 11.1 Å². The van der Waals surface area contributed by atoms with Gasteiger partial charge in [-0.3, -0.25) is 14.6 Å². The number of para-hydroxylation sites is 1. The minimum absolute atomic E-state index is 0.00153. The van der Waals surface area contributed by atoms with Crippen molar-refractivity contribution in [1.82, 2.24) is 9.80 Å². The Hall–Kier alpha value is -3.35. The van der Waals surface area contributed by atoms with Crippen LogP contribution in [0.3, 0.4) is 0 Å². The van der Waals surface area contributed by atoms with Crippen LogP contribution in [-0.2, 0) is 17.9 Å². The predicted octanol–water partition coefficient (Wildman–Crippen LogP) is 3.84. The van der Waals surface area contributed by atoms with Gasteiger partial charge < -0.3 is 15.0 Å². The summed E-state index contributed by atoms with van der Waals surface area (Å²) in [5.41, 5.74) is 4.54. The molecule has 0 unspecified atom stereocenters. The summed E-state index contributed by atoms with van der Waals surface area (Å²) in [5.74, 6) is 0.920. The third-order valence-electron chi connectivity index (χ3n) is 6.54. The van der Waals surface area contributed by atoms with E-state index in [0.29, 0.717) is 13.2 Å². The Balaban J connectivity index is 1.10. The molecule has 2 heterocycles. The van der Waals surface area contributed by atoms with Crippen molar-refractivity contribution >= 4 is 17.3 Å². The van der Waals surface area contributed by atoms with Crippen molar-refractivity contribution < 1.29 is 9.53 Å². The summed E-state index contributed by atoms with van der Waals surface area (Å²) in [6, 6.07) is 26.9. The number of anilines is 2. The molecule has 5 rings (SSSR count). The number of hydrogen-bond acceptors (Lipinski definition) is 5. The van der Waals surface area contributed by atoms with E-state index in [1.807, 2.05) is 30.3 Å². The van der Waals surface area contributed by atoms with Gasteiger partial charge in [-0.15, -0.1) is 0 Å². The van der Waals surface area contributed by atoms with Gasteiger partial charge >= 0.3 is 0 Å². The van der Waals surface area contributed by atoms with Crippen LogP contribution in [0.25, 0.3) is 0 Å². The van der Waals surface area contributed by atoms with E-state index in [1.165, 1.54) is 11.3 Å². The molecule has 0 bridgehead atoms. The van der Waals surface area contributed by atoms with Gasteiger partial charge in [-0.25, -0.2) is 0 Å². The number of nitrogens with zero attached hydrogens (tertiary/aromatic N) is 3. The molecule has 0 aromatic heterocycles. The highest BCUT2D eigenvalue weighted by Crippen LogP contribution is 2.23. The zero-order valence-corrected chi connectivity index (χ0v) is 19.5. The minimum atomic E-state index is 0.00153. The number of benzene rings is 3. The zero-order valence-electron chi connectivity index (χ0n) is 19.5. The lowest BCUT2D eigenvalue weighted by Gasteiger charge is -2.36. The Kier molecular flexibility index (Phi) is 7.08. The van der Waals surface area contributed by atoms with Crippen LogP contribution in [0.15, 0.2) is 78.9 Å². The Morgan fingerprint density at radius 2 is 1.53 bits per heavy atom. The van der Waals surface area contributed by atoms with Gasteiger partial charge in [0.15, 0.2) is 0 Å². The monoisotopic (exact) mass is 456 g/mol. The van der Waals surface area contributed by atoms with Crippen molar-refractivity contribution in [1.29, 1.82) is 0 Å². The van der Waals surface area contributed by atoms with Gasteiger partial charge in [0.2, 0.25) is 5.91 Å². The first-order valence-corrected chi connectivity index (χ1v) is 12.1. The molecule has 3 aromatic carbocycles. The molecule has 6 nitrogen and oxygen atoms in total. The highest BCUT2D eigenvalue weighted by atomic mass is 16.5. The highest BCUT2D eigenvalue weighted by molar-refractivity contribution is 5.92. The molecule has 2 aliphatic heterocycles. The van der Waals surface area contributed by atoms with Gasteiger partial charge in [0.25, 0.3) is 0 Å². The van der Waals surface area contributed by atoms with Gasteiger partial charge in [0, 0.05) is 62.8 Å². The molecule has 0 spiro atoms. The molecular formula is C28H32N4O2. The summed E-state index contributed by atoms with van der Waals surface area (Å²) in [6.07, 6.45) is 0. The molecule has 0 aliphatic carbocycles. The van der Waals surface area contributed by atoms with E-state index in [9.17, 15) is 4.79 Å². The second-order valence-electron chi connectivity index (χ2n) is 9.01. The topological polar surface area (TPSA) is 48.1 Å². The number of carbonyl (C=O) groups is 1. The molecule has 1 saturated heterocycles. The summed E-state index contributed by atoms with van der Waals surface area (Å²) in [5, 5.41) is 3.05. The summed E-state index contributed by atoms with van der Waals surface area (Å²) >= 11 is 0. The average Bonchev–Trinajstić information content (AvgIpc) is 3.07. The molecule has 2 aliphatic rings. The van der Waals surface area contributed by atoms with Crippen molar-refractivity contribution in [2.24, 2.45) is 0 Å². The average molecular weight is 457 g/mol. The van der Waals surface area contributed by atoms with Crippen LogP contribution in [0.2, 0.25) is 0 Å². The number of carbonyl (C=O) groups excluding carboxylic acids is 1. The van der Waals surface area contributed by atoms with Gasteiger partial charge in [0.05, 0.1) is 6.54 Å². The molecule has 1 N–H and O–H groups in total. The Bertz CT molecular complexity index is 1080. The Labute approximate surface area is 201 Å². The lowest BCUT2D eigenvalue weighted by Crippen LogP contribution is -2.45. The Morgan fingerprint density at radius 3 is 2.32 bits per heavy atom. The normalized spacial score (nSPS) is 16.9. The number of hydrogen-bond donors (Lipinski definition) is 1. The minimum Gasteiger partial charge on any atom is -0.492 e. The second kappa shape index (κ2) is 10.7. The smallest absolute Gasteiger partial charge is 0.238 e. The van der Waals surface area contributed by atoms with Gasteiger partial charge in [-0.05, 0) is 35.9 Å². The van der Waals surface area contributed by atoms with Gasteiger partial charge in [0.1, 0.15) is 12.4 Å². The van der Waals surface area contributed by atoms with Crippen molar-refractivity contribution in [3.05, 3.63) is 90.0 Å². The quantitative estimate of drug-likeness (QED) is 0.611. The molecule has 1 fully saturated rings. The van der Waals surface area contributed by atoms with Gasteiger partial charge in [-0.1, -0.05) is 48.5 Å². The van der Waals surface area contributed by atoms with E-state index >= 15 is 0 Å². The fourth-order valence-corrected chi connectivity index (χ4v) is 4.68. The first-order valence-electron chi connectivity index (χ1n) is 12.1. The SMILES string of the molecule is O=C(CN1CCOc2ccccc2C1)Nc1ccc(N2CCN(Cc3ccccc3)CC2)cc1. The van der Waals surface area contributed by atoms with Crippen LogP contribution in [0.4, 0.5) is 11.4 Å². The van der Waals surface area contributed by atoms with Crippen molar-refractivity contribution in [3.63, 3.8) is 0 Å². The van der Waals surface area contributed by atoms with E-state index in [2.05, 4.69) is 68.5 Å². The van der Waals surface area contributed by atoms with Crippen molar-refractivity contribution in [2.75, 3.05) is 56.1 Å². The Morgan fingerprint density at radius 1 is 0.794 bits per heavy atom. The molecule has 6 heteroatoms. The lowest BCUT2D eigenvalue weighted by molar-refractivity contribution is -0.117. The van der Waals surface area contributed by atoms with E-state index in [0.717, 1.165) is 62.8 Å². The van der Waals surface area contributed by atoms with Crippen molar-refractivity contribution in [3.8, 4) is 5.75 Å². The first kappa shape index (κ1) is 22.4. The van der Waals surface area contributed by atoms with E-state index in [1.54, 1.807) is 0 Å². The molecule has 0 atom stereocenters. The summed E-state index contributed by atoms with van der Waals surface area (Å²) in [6.45, 7) is 7.53. The summed E-state index contributed by atoms with van der Waals surface area (Å²) in [7, 11) is 0. The van der Waals surface area contributed by atoms with Crippen LogP contribution in [0.5, 0.6) is 5.75 Å². The number of piperazine rings is 1. The van der Waals surface area contributed by atoms with Crippen LogP contribution < -0.4 is 15.0 Å². The number of amides is 1. The molecule has 0 saturated carbocycles. The van der Waals surface area contributed by atoms with E-state index in [-0.39, 0.29) is 5.91 Å². The molecule has 1 amide bonds. The predicted molar refractivity (Wildman–Crippen MR) is 136 cm³/mol. The van der Waals surface area contributed by atoms with Gasteiger partial charge in [-0.2, -0.15) is 0 Å². The van der Waals surface area contributed by atoms with Crippen LogP contribution in [0, 0.1) is 0 Å². The summed E-state index contributed by atoms with van der Waals surface area (Å²) < 4.78 is 5.80. The fourth-order valence-electron chi connectivity index (χ4n) is 4.68. The standard InChI is InChI=1S/C28H32N4O2/c33-28(22-31-18-19-34-27-9-5-4-8-24(27)21-31)29-25-10-12-26(13-11-25)32-16-14-30(15-17-32)20-23-6-2-1-3-7-23/h1-13H,14-22H2,(H,29,33). The second-order valence-corrected chi connectivity index (χ2v) is 9.01. The molecule has 176 valence electrons. The lowest BCUT2D eigenvalue weighted by atomic mass is 10.2. The van der Waals surface area contributed by atoms with Crippen LogP contribution >= 0.6 is 0 Å².